The SMILES string of the molecule is CCCC(Oc1ccc2c(c1)C(c1ccccc1C(=N)N)NC2O)C(=O)O. The van der Waals surface area contributed by atoms with Crippen LogP contribution < -0.4 is 15.8 Å². The molecule has 3 atom stereocenters. The van der Waals surface area contributed by atoms with Gasteiger partial charge in [0, 0.05) is 11.1 Å². The van der Waals surface area contributed by atoms with E-state index >= 15 is 0 Å². The minimum Gasteiger partial charge on any atom is -0.479 e. The summed E-state index contributed by atoms with van der Waals surface area (Å²) < 4.78 is 5.66. The lowest BCUT2D eigenvalue weighted by Crippen LogP contribution is -2.26. The molecule has 7 nitrogen and oxygen atoms in total. The Morgan fingerprint density at radius 2 is 2.00 bits per heavy atom. The zero-order valence-electron chi connectivity index (χ0n) is 15.0. The Morgan fingerprint density at radius 3 is 2.67 bits per heavy atom. The molecule has 2 aromatic carbocycles. The molecule has 0 saturated carbocycles. The van der Waals surface area contributed by atoms with Crippen LogP contribution in [-0.2, 0) is 4.79 Å². The van der Waals surface area contributed by atoms with Gasteiger partial charge in [-0.25, -0.2) is 4.79 Å². The summed E-state index contributed by atoms with van der Waals surface area (Å²) in [4.78, 5) is 11.4. The number of aliphatic hydroxyl groups excluding tert-OH is 1. The Kier molecular flexibility index (Phi) is 5.43. The molecular weight excluding hydrogens is 346 g/mol. The summed E-state index contributed by atoms with van der Waals surface area (Å²) in [5, 5.41) is 30.6. The van der Waals surface area contributed by atoms with Crippen molar-refractivity contribution in [3.63, 3.8) is 0 Å². The van der Waals surface area contributed by atoms with Gasteiger partial charge in [-0.1, -0.05) is 43.7 Å². The fourth-order valence-corrected chi connectivity index (χ4v) is 3.37. The Bertz CT molecular complexity index is 868. The van der Waals surface area contributed by atoms with E-state index in [1.807, 2.05) is 19.1 Å². The van der Waals surface area contributed by atoms with Crippen molar-refractivity contribution in [1.29, 1.82) is 5.41 Å². The van der Waals surface area contributed by atoms with Crippen molar-refractivity contribution in [2.24, 2.45) is 5.73 Å². The van der Waals surface area contributed by atoms with E-state index in [1.54, 1.807) is 30.3 Å². The molecular formula is C20H23N3O4. The van der Waals surface area contributed by atoms with Gasteiger partial charge in [-0.05, 0) is 29.7 Å². The number of carboxylic acid groups (broad SMARTS) is 1. The van der Waals surface area contributed by atoms with Gasteiger partial charge in [0.05, 0.1) is 6.04 Å². The molecule has 3 unspecified atom stereocenters. The van der Waals surface area contributed by atoms with E-state index in [1.165, 1.54) is 0 Å². The van der Waals surface area contributed by atoms with Crippen LogP contribution in [0.3, 0.4) is 0 Å². The minimum atomic E-state index is -1.01. The molecule has 0 radical (unpaired) electrons. The molecule has 0 aromatic heterocycles. The molecule has 6 N–H and O–H groups in total. The third-order valence-electron chi connectivity index (χ3n) is 4.65. The van der Waals surface area contributed by atoms with E-state index in [4.69, 9.17) is 15.9 Å². The monoisotopic (exact) mass is 369 g/mol. The first-order chi connectivity index (χ1) is 12.9. The summed E-state index contributed by atoms with van der Waals surface area (Å²) in [7, 11) is 0. The van der Waals surface area contributed by atoms with Crippen molar-refractivity contribution in [3.8, 4) is 5.75 Å². The van der Waals surface area contributed by atoms with Gasteiger partial charge in [-0.2, -0.15) is 0 Å². The number of nitrogens with two attached hydrogens (primary N) is 1. The van der Waals surface area contributed by atoms with Gasteiger partial charge in [-0.3, -0.25) is 10.7 Å². The number of rotatable bonds is 7. The van der Waals surface area contributed by atoms with Crippen molar-refractivity contribution in [1.82, 2.24) is 5.32 Å². The summed E-state index contributed by atoms with van der Waals surface area (Å²) >= 11 is 0. The maximum Gasteiger partial charge on any atom is 0.344 e. The summed E-state index contributed by atoms with van der Waals surface area (Å²) in [5.74, 6) is -0.638. The molecule has 0 saturated heterocycles. The average molecular weight is 369 g/mol. The van der Waals surface area contributed by atoms with Gasteiger partial charge in [0.25, 0.3) is 0 Å². The topological polar surface area (TPSA) is 129 Å². The van der Waals surface area contributed by atoms with Crippen molar-refractivity contribution >= 4 is 11.8 Å². The predicted octanol–water partition coefficient (Wildman–Crippen LogP) is 2.29. The van der Waals surface area contributed by atoms with Crippen LogP contribution in [0.2, 0.25) is 0 Å². The fourth-order valence-electron chi connectivity index (χ4n) is 3.37. The normalized spacial score (nSPS) is 19.3. The van der Waals surface area contributed by atoms with Crippen LogP contribution in [-0.4, -0.2) is 28.1 Å². The van der Waals surface area contributed by atoms with Crippen LogP contribution in [0.4, 0.5) is 0 Å². The number of hydrogen-bond donors (Lipinski definition) is 5. The number of nitrogens with one attached hydrogen (secondary N) is 2. The number of fused-ring (bicyclic) bond motifs is 1. The molecule has 0 aliphatic carbocycles. The second kappa shape index (κ2) is 7.77. The van der Waals surface area contributed by atoms with Crippen LogP contribution in [0.15, 0.2) is 42.5 Å². The second-order valence-corrected chi connectivity index (χ2v) is 6.53. The first-order valence-corrected chi connectivity index (χ1v) is 8.83. The molecule has 0 amide bonds. The summed E-state index contributed by atoms with van der Waals surface area (Å²) in [6, 6.07) is 12.0. The van der Waals surface area contributed by atoms with E-state index in [-0.39, 0.29) is 11.9 Å². The van der Waals surface area contributed by atoms with Crippen LogP contribution >= 0.6 is 0 Å². The highest BCUT2D eigenvalue weighted by molar-refractivity contribution is 5.96. The maximum absolute atomic E-state index is 11.4. The molecule has 27 heavy (non-hydrogen) atoms. The largest absolute Gasteiger partial charge is 0.479 e. The summed E-state index contributed by atoms with van der Waals surface area (Å²) in [6.07, 6.45) is -0.694. The van der Waals surface area contributed by atoms with E-state index in [9.17, 15) is 15.0 Å². The number of aliphatic carboxylic acids is 1. The second-order valence-electron chi connectivity index (χ2n) is 6.53. The minimum absolute atomic E-state index is 0.0587. The van der Waals surface area contributed by atoms with Gasteiger partial charge in [-0.15, -0.1) is 0 Å². The van der Waals surface area contributed by atoms with Crippen molar-refractivity contribution in [3.05, 3.63) is 64.7 Å². The zero-order valence-corrected chi connectivity index (χ0v) is 15.0. The van der Waals surface area contributed by atoms with Gasteiger partial charge in [0.1, 0.15) is 17.8 Å². The van der Waals surface area contributed by atoms with Gasteiger partial charge in [0.2, 0.25) is 0 Å². The molecule has 0 fully saturated rings. The van der Waals surface area contributed by atoms with E-state index in [2.05, 4.69) is 5.32 Å². The van der Waals surface area contributed by atoms with Crippen LogP contribution in [0.25, 0.3) is 0 Å². The molecule has 1 aliphatic rings. The average Bonchev–Trinajstić information content (AvgIpc) is 2.97. The highest BCUT2D eigenvalue weighted by Gasteiger charge is 2.32. The lowest BCUT2D eigenvalue weighted by molar-refractivity contribution is -0.145. The Hall–Kier alpha value is -2.90. The Morgan fingerprint density at radius 1 is 1.26 bits per heavy atom. The number of amidine groups is 1. The van der Waals surface area contributed by atoms with E-state index in [0.29, 0.717) is 29.7 Å². The maximum atomic E-state index is 11.4. The molecule has 142 valence electrons. The predicted molar refractivity (Wildman–Crippen MR) is 101 cm³/mol. The van der Waals surface area contributed by atoms with Gasteiger partial charge >= 0.3 is 5.97 Å². The number of benzene rings is 2. The number of carbonyl (C=O) groups is 1. The van der Waals surface area contributed by atoms with Crippen molar-refractivity contribution in [2.75, 3.05) is 0 Å². The quantitative estimate of drug-likeness (QED) is 0.376. The third-order valence-corrected chi connectivity index (χ3v) is 4.65. The van der Waals surface area contributed by atoms with Crippen molar-refractivity contribution < 1.29 is 19.7 Å². The number of nitrogen functional groups attached to an aromatic ring is 1. The first kappa shape index (κ1) is 18.9. The van der Waals surface area contributed by atoms with Crippen LogP contribution in [0.5, 0.6) is 5.75 Å². The van der Waals surface area contributed by atoms with E-state index in [0.717, 1.165) is 11.1 Å². The molecule has 7 heteroatoms. The van der Waals surface area contributed by atoms with E-state index < -0.39 is 18.3 Å². The molecule has 1 heterocycles. The number of ether oxygens (including phenoxy) is 1. The molecule has 2 aromatic rings. The molecule has 0 spiro atoms. The highest BCUT2D eigenvalue weighted by atomic mass is 16.5. The van der Waals surface area contributed by atoms with Crippen molar-refractivity contribution in [2.45, 2.75) is 38.1 Å². The smallest absolute Gasteiger partial charge is 0.344 e. The molecule has 0 bridgehead atoms. The number of carboxylic acids is 1. The first-order valence-electron chi connectivity index (χ1n) is 8.83. The van der Waals surface area contributed by atoms with Crippen LogP contribution in [0, 0.1) is 5.41 Å². The third kappa shape index (κ3) is 3.79. The summed E-state index contributed by atoms with van der Waals surface area (Å²) in [6.45, 7) is 1.90. The number of hydrogen-bond acceptors (Lipinski definition) is 5. The van der Waals surface area contributed by atoms with Crippen LogP contribution in [0.1, 0.15) is 54.3 Å². The molecule has 3 rings (SSSR count). The lowest BCUT2D eigenvalue weighted by Gasteiger charge is -2.18. The summed E-state index contributed by atoms with van der Waals surface area (Å²) in [5.41, 5.74) is 8.51. The Balaban J connectivity index is 1.98. The highest BCUT2D eigenvalue weighted by Crippen LogP contribution is 2.39. The van der Waals surface area contributed by atoms with Gasteiger partial charge < -0.3 is 20.7 Å². The zero-order chi connectivity index (χ0) is 19.6. The number of aliphatic hydroxyl groups is 1. The standard InChI is InChI=1S/C20H23N3O4/c1-2-5-16(20(25)26)27-11-8-9-14-15(10-11)17(23-19(14)24)12-6-3-4-7-13(12)18(21)22/h3-4,6-10,16-17,19,23-24H,2,5H2,1H3,(H3,21,22)(H,25,26). The molecule has 1 aliphatic heterocycles. The fraction of sp³-hybridized carbons (Fsp3) is 0.300. The Labute approximate surface area is 157 Å². The van der Waals surface area contributed by atoms with Gasteiger partial charge in [0.15, 0.2) is 6.10 Å². The lowest BCUT2D eigenvalue weighted by atomic mass is 9.94.